The molecule has 0 aliphatic rings. The number of nitrogens with zero attached hydrogens (tertiary/aromatic N) is 1. The third-order valence-corrected chi connectivity index (χ3v) is 3.65. The Morgan fingerprint density at radius 1 is 1.35 bits per heavy atom. The lowest BCUT2D eigenvalue weighted by Gasteiger charge is -2.21. The molecular weight excluding hydrogens is 232 g/mol. The van der Waals surface area contributed by atoms with Crippen LogP contribution in [0.1, 0.15) is 51.1 Å². The molecule has 98 valence electrons. The van der Waals surface area contributed by atoms with Gasteiger partial charge in [0.25, 0.3) is 0 Å². The first-order valence-corrected chi connectivity index (χ1v) is 7.07. The van der Waals surface area contributed by atoms with Crippen LogP contribution in [0, 0.1) is 0 Å². The molecule has 0 bridgehead atoms. The van der Waals surface area contributed by atoms with Gasteiger partial charge in [-0.05, 0) is 20.0 Å². The molecule has 1 aromatic heterocycles. The van der Waals surface area contributed by atoms with Crippen molar-refractivity contribution in [1.29, 1.82) is 0 Å². The van der Waals surface area contributed by atoms with E-state index in [2.05, 4.69) is 44.6 Å². The van der Waals surface area contributed by atoms with Gasteiger partial charge in [-0.3, -0.25) is 4.79 Å². The molecule has 1 N–H and O–H groups in total. The first-order valence-electron chi connectivity index (χ1n) is 6.25. The predicted molar refractivity (Wildman–Crippen MR) is 74.9 cm³/mol. The molecule has 0 spiro atoms. The lowest BCUT2D eigenvalue weighted by molar-refractivity contribution is 0.320. The lowest BCUT2D eigenvalue weighted by Crippen LogP contribution is -2.22. The lowest BCUT2D eigenvalue weighted by atomic mass is 9.91. The van der Waals surface area contributed by atoms with E-state index in [1.165, 1.54) is 29.1 Å². The van der Waals surface area contributed by atoms with Crippen LogP contribution in [0.3, 0.4) is 0 Å². The summed E-state index contributed by atoms with van der Waals surface area (Å²) in [6, 6.07) is 0. The van der Waals surface area contributed by atoms with E-state index in [0.717, 1.165) is 18.8 Å². The van der Waals surface area contributed by atoms with Crippen molar-refractivity contribution < 1.29 is 0 Å². The quantitative estimate of drug-likeness (QED) is 0.879. The van der Waals surface area contributed by atoms with E-state index in [4.69, 9.17) is 0 Å². The van der Waals surface area contributed by atoms with Gasteiger partial charge in [-0.2, -0.15) is 0 Å². The summed E-state index contributed by atoms with van der Waals surface area (Å²) in [6.07, 6.45) is 2.42. The number of aromatic nitrogens is 1. The second-order valence-electron chi connectivity index (χ2n) is 5.65. The molecule has 0 unspecified atom stereocenters. The molecule has 0 amide bonds. The van der Waals surface area contributed by atoms with Crippen molar-refractivity contribution in [3.8, 4) is 0 Å². The summed E-state index contributed by atoms with van der Waals surface area (Å²) in [7, 11) is 2.12. The Morgan fingerprint density at radius 2 is 2.00 bits per heavy atom. The van der Waals surface area contributed by atoms with Crippen LogP contribution in [0.2, 0.25) is 0 Å². The molecule has 1 aromatic rings. The number of nitrogens with one attached hydrogen (secondary N) is 1. The zero-order chi connectivity index (χ0) is 13.1. The number of thiazole rings is 1. The van der Waals surface area contributed by atoms with Gasteiger partial charge >= 0.3 is 4.87 Å². The summed E-state index contributed by atoms with van der Waals surface area (Å²) in [5.41, 5.74) is 1.11. The van der Waals surface area contributed by atoms with Crippen molar-refractivity contribution in [2.75, 3.05) is 13.6 Å². The maximum absolute atomic E-state index is 11.5. The van der Waals surface area contributed by atoms with Crippen LogP contribution < -0.4 is 4.87 Å². The smallest absolute Gasteiger partial charge is 0.305 e. The largest absolute Gasteiger partial charge is 0.316 e. The Labute approximate surface area is 108 Å². The van der Waals surface area contributed by atoms with E-state index in [-0.39, 0.29) is 10.3 Å². The molecule has 0 aliphatic heterocycles. The van der Waals surface area contributed by atoms with E-state index in [1.807, 2.05) is 0 Å². The highest BCUT2D eigenvalue weighted by Crippen LogP contribution is 2.26. The van der Waals surface area contributed by atoms with Crippen LogP contribution in [0.25, 0.3) is 0 Å². The fourth-order valence-electron chi connectivity index (χ4n) is 1.83. The zero-order valence-corrected chi connectivity index (χ0v) is 12.4. The number of rotatable bonds is 5. The highest BCUT2D eigenvalue weighted by Gasteiger charge is 2.21. The average Bonchev–Trinajstić information content (AvgIpc) is 2.56. The maximum atomic E-state index is 11.5. The molecular formula is C13H24N2OS. The summed E-state index contributed by atoms with van der Waals surface area (Å²) in [5.74, 6) is 0. The summed E-state index contributed by atoms with van der Waals surface area (Å²) < 4.78 is 0. The topological polar surface area (TPSA) is 36.1 Å². The van der Waals surface area contributed by atoms with Crippen molar-refractivity contribution in [2.45, 2.75) is 52.5 Å². The fraction of sp³-hybridized carbons (Fsp3) is 0.769. The Hall–Kier alpha value is -0.610. The van der Waals surface area contributed by atoms with Crippen LogP contribution in [-0.2, 0) is 12.0 Å². The Balaban J connectivity index is 2.80. The van der Waals surface area contributed by atoms with Gasteiger partial charge in [0.2, 0.25) is 0 Å². The van der Waals surface area contributed by atoms with Crippen LogP contribution in [0.4, 0.5) is 0 Å². The third-order valence-electron chi connectivity index (χ3n) is 2.78. The normalized spacial score (nSPS) is 12.4. The molecule has 0 radical (unpaired) electrons. The van der Waals surface area contributed by atoms with Crippen LogP contribution >= 0.6 is 11.3 Å². The minimum absolute atomic E-state index is 0.0140. The average molecular weight is 256 g/mol. The first-order chi connectivity index (χ1) is 7.84. The number of hydrogen-bond donors (Lipinski definition) is 1. The van der Waals surface area contributed by atoms with E-state index >= 15 is 0 Å². The minimum atomic E-state index is 0.0140. The molecule has 1 heterocycles. The van der Waals surface area contributed by atoms with Gasteiger partial charge in [-0.15, -0.1) is 0 Å². The number of aromatic amines is 1. The fourth-order valence-corrected chi connectivity index (χ4v) is 2.95. The Morgan fingerprint density at radius 3 is 2.53 bits per heavy atom. The molecule has 17 heavy (non-hydrogen) atoms. The summed E-state index contributed by atoms with van der Waals surface area (Å²) >= 11 is 1.35. The van der Waals surface area contributed by atoms with E-state index in [1.54, 1.807) is 0 Å². The SMILES string of the molecule is CCCCN(C)Cc1sc(=O)[nH]c1C(C)(C)C. The van der Waals surface area contributed by atoms with E-state index in [9.17, 15) is 4.79 Å². The molecule has 0 fully saturated rings. The summed E-state index contributed by atoms with van der Waals surface area (Å²) in [4.78, 5) is 18.0. The molecule has 4 heteroatoms. The summed E-state index contributed by atoms with van der Waals surface area (Å²) in [5, 5.41) is 0. The number of unbranched alkanes of at least 4 members (excludes halogenated alkanes) is 1. The van der Waals surface area contributed by atoms with Crippen LogP contribution in [-0.4, -0.2) is 23.5 Å². The number of H-pyrrole nitrogens is 1. The molecule has 0 saturated carbocycles. The molecule has 0 aliphatic carbocycles. The van der Waals surface area contributed by atoms with Gasteiger partial charge < -0.3 is 9.88 Å². The maximum Gasteiger partial charge on any atom is 0.305 e. The summed E-state index contributed by atoms with van der Waals surface area (Å²) in [6.45, 7) is 10.6. The van der Waals surface area contributed by atoms with Crippen molar-refractivity contribution >= 4 is 11.3 Å². The molecule has 0 saturated heterocycles. The third kappa shape index (κ3) is 4.28. The van der Waals surface area contributed by atoms with Gasteiger partial charge in [-0.25, -0.2) is 0 Å². The molecule has 3 nitrogen and oxygen atoms in total. The van der Waals surface area contributed by atoms with Crippen molar-refractivity contribution in [1.82, 2.24) is 9.88 Å². The number of hydrogen-bond acceptors (Lipinski definition) is 3. The Kier molecular flexibility index (Phi) is 4.95. The minimum Gasteiger partial charge on any atom is -0.316 e. The van der Waals surface area contributed by atoms with E-state index in [0.29, 0.717) is 0 Å². The van der Waals surface area contributed by atoms with Crippen molar-refractivity contribution in [3.05, 3.63) is 20.2 Å². The monoisotopic (exact) mass is 256 g/mol. The molecule has 0 aromatic carbocycles. The molecule has 0 atom stereocenters. The van der Waals surface area contributed by atoms with Gasteiger partial charge in [0.05, 0.1) is 0 Å². The van der Waals surface area contributed by atoms with Crippen LogP contribution in [0.5, 0.6) is 0 Å². The highest BCUT2D eigenvalue weighted by molar-refractivity contribution is 7.09. The second-order valence-corrected chi connectivity index (χ2v) is 6.72. The van der Waals surface area contributed by atoms with Crippen molar-refractivity contribution in [2.24, 2.45) is 0 Å². The van der Waals surface area contributed by atoms with Gasteiger partial charge in [0.15, 0.2) is 0 Å². The second kappa shape index (κ2) is 5.83. The van der Waals surface area contributed by atoms with Gasteiger partial charge in [0, 0.05) is 22.5 Å². The highest BCUT2D eigenvalue weighted by atomic mass is 32.1. The van der Waals surface area contributed by atoms with Crippen molar-refractivity contribution in [3.63, 3.8) is 0 Å². The standard InChI is InChI=1S/C13H24N2OS/c1-6-7-8-15(5)9-10-11(13(2,3)4)14-12(16)17-10/h6-9H2,1-5H3,(H,14,16). The zero-order valence-electron chi connectivity index (χ0n) is 11.6. The molecule has 1 rings (SSSR count). The van der Waals surface area contributed by atoms with Crippen LogP contribution in [0.15, 0.2) is 4.79 Å². The van der Waals surface area contributed by atoms with E-state index < -0.39 is 0 Å². The van der Waals surface area contributed by atoms with Gasteiger partial charge in [-0.1, -0.05) is 45.5 Å². The Bertz CT molecular complexity index is 400. The first kappa shape index (κ1) is 14.5. The predicted octanol–water partition coefficient (Wildman–Crippen LogP) is 2.97. The van der Waals surface area contributed by atoms with Gasteiger partial charge in [0.1, 0.15) is 0 Å².